The molecule has 0 aliphatic heterocycles. The van der Waals surface area contributed by atoms with Crippen LogP contribution >= 0.6 is 0 Å². The lowest BCUT2D eigenvalue weighted by molar-refractivity contribution is -0.121. The van der Waals surface area contributed by atoms with E-state index in [0.29, 0.717) is 37.3 Å². The first-order valence-corrected chi connectivity index (χ1v) is 8.41. The number of carbonyl (C=O) groups is 1. The Kier molecular flexibility index (Phi) is 7.14. The summed E-state index contributed by atoms with van der Waals surface area (Å²) < 4.78 is 15.4. The maximum Gasteiger partial charge on any atom is 0.220 e. The molecular formula is C20H25NO5. The first kappa shape index (κ1) is 19.4. The van der Waals surface area contributed by atoms with Crippen molar-refractivity contribution in [1.82, 2.24) is 5.32 Å². The summed E-state index contributed by atoms with van der Waals surface area (Å²) in [5, 5.41) is 12.9. The Morgan fingerprint density at radius 3 is 2.31 bits per heavy atom. The Morgan fingerprint density at radius 1 is 0.962 bits per heavy atom. The number of nitrogens with one attached hydrogen (secondary N) is 1. The van der Waals surface area contributed by atoms with E-state index in [0.717, 1.165) is 16.9 Å². The SMILES string of the molecule is COc1ccc(CCC(=O)NCCc2cc(O)c(OC)c(OC)c2)cc1. The number of benzene rings is 2. The fraction of sp³-hybridized carbons (Fsp3) is 0.350. The third-order valence-electron chi connectivity index (χ3n) is 4.05. The van der Waals surface area contributed by atoms with Crippen LogP contribution in [0.5, 0.6) is 23.0 Å². The maximum absolute atomic E-state index is 12.0. The van der Waals surface area contributed by atoms with Crippen LogP contribution in [0.3, 0.4) is 0 Å². The fourth-order valence-electron chi connectivity index (χ4n) is 2.63. The molecule has 2 aromatic carbocycles. The summed E-state index contributed by atoms with van der Waals surface area (Å²) in [6.07, 6.45) is 1.68. The van der Waals surface area contributed by atoms with Gasteiger partial charge in [-0.1, -0.05) is 12.1 Å². The topological polar surface area (TPSA) is 77.0 Å². The standard InChI is InChI=1S/C20H25NO5/c1-24-16-7-4-14(5-8-16)6-9-19(23)21-11-10-15-12-17(22)20(26-3)18(13-15)25-2/h4-5,7-8,12-13,22H,6,9-11H2,1-3H3,(H,21,23). The molecule has 0 saturated carbocycles. The number of aromatic hydroxyl groups is 1. The molecular weight excluding hydrogens is 334 g/mol. The minimum atomic E-state index is -0.00878. The molecule has 0 aliphatic rings. The highest BCUT2D eigenvalue weighted by Crippen LogP contribution is 2.37. The van der Waals surface area contributed by atoms with Gasteiger partial charge in [-0.3, -0.25) is 4.79 Å². The zero-order valence-corrected chi connectivity index (χ0v) is 15.4. The zero-order valence-electron chi connectivity index (χ0n) is 15.4. The Labute approximate surface area is 153 Å². The van der Waals surface area contributed by atoms with Crippen molar-refractivity contribution >= 4 is 5.91 Å². The van der Waals surface area contributed by atoms with Crippen molar-refractivity contribution in [2.75, 3.05) is 27.9 Å². The normalized spacial score (nSPS) is 10.3. The lowest BCUT2D eigenvalue weighted by atomic mass is 10.1. The monoisotopic (exact) mass is 359 g/mol. The van der Waals surface area contributed by atoms with Crippen molar-refractivity contribution < 1.29 is 24.1 Å². The summed E-state index contributed by atoms with van der Waals surface area (Å²) in [6, 6.07) is 11.1. The van der Waals surface area contributed by atoms with Crippen LogP contribution in [0.4, 0.5) is 0 Å². The van der Waals surface area contributed by atoms with Gasteiger partial charge < -0.3 is 24.6 Å². The third kappa shape index (κ3) is 5.31. The number of aryl methyl sites for hydroxylation is 1. The second-order valence-corrected chi connectivity index (χ2v) is 5.80. The Bertz CT molecular complexity index is 728. The van der Waals surface area contributed by atoms with E-state index in [1.165, 1.54) is 14.2 Å². The lowest BCUT2D eigenvalue weighted by Crippen LogP contribution is -2.25. The van der Waals surface area contributed by atoms with Crippen molar-refractivity contribution in [3.05, 3.63) is 47.5 Å². The lowest BCUT2D eigenvalue weighted by Gasteiger charge is -2.12. The summed E-state index contributed by atoms with van der Waals surface area (Å²) in [4.78, 5) is 12.0. The van der Waals surface area contributed by atoms with Crippen LogP contribution in [0.15, 0.2) is 36.4 Å². The first-order valence-electron chi connectivity index (χ1n) is 8.41. The zero-order chi connectivity index (χ0) is 18.9. The van der Waals surface area contributed by atoms with Gasteiger partial charge in [0.15, 0.2) is 11.5 Å². The molecule has 6 nitrogen and oxygen atoms in total. The molecule has 1 amide bonds. The second-order valence-electron chi connectivity index (χ2n) is 5.80. The van der Waals surface area contributed by atoms with E-state index in [1.54, 1.807) is 19.2 Å². The number of hydrogen-bond acceptors (Lipinski definition) is 5. The van der Waals surface area contributed by atoms with Gasteiger partial charge in [0.05, 0.1) is 21.3 Å². The Balaban J connectivity index is 1.79. The molecule has 140 valence electrons. The molecule has 0 atom stereocenters. The number of rotatable bonds is 9. The van der Waals surface area contributed by atoms with Crippen molar-refractivity contribution in [3.63, 3.8) is 0 Å². The van der Waals surface area contributed by atoms with Crippen molar-refractivity contribution in [2.24, 2.45) is 0 Å². The van der Waals surface area contributed by atoms with Crippen LogP contribution in [-0.2, 0) is 17.6 Å². The highest BCUT2D eigenvalue weighted by Gasteiger charge is 2.11. The van der Waals surface area contributed by atoms with Gasteiger partial charge in [-0.2, -0.15) is 0 Å². The van der Waals surface area contributed by atoms with Gasteiger partial charge in [0.1, 0.15) is 5.75 Å². The summed E-state index contributed by atoms with van der Waals surface area (Å²) >= 11 is 0. The van der Waals surface area contributed by atoms with Gasteiger partial charge in [-0.05, 0) is 48.2 Å². The molecule has 0 spiro atoms. The van der Waals surface area contributed by atoms with Gasteiger partial charge in [-0.25, -0.2) is 0 Å². The average molecular weight is 359 g/mol. The van der Waals surface area contributed by atoms with Gasteiger partial charge in [0, 0.05) is 13.0 Å². The van der Waals surface area contributed by atoms with E-state index in [9.17, 15) is 9.90 Å². The highest BCUT2D eigenvalue weighted by atomic mass is 16.5. The molecule has 0 bridgehead atoms. The molecule has 6 heteroatoms. The van der Waals surface area contributed by atoms with E-state index in [1.807, 2.05) is 24.3 Å². The number of methoxy groups -OCH3 is 3. The van der Waals surface area contributed by atoms with Gasteiger partial charge >= 0.3 is 0 Å². The quantitative estimate of drug-likeness (QED) is 0.720. The molecule has 0 unspecified atom stereocenters. The first-order chi connectivity index (χ1) is 12.6. The smallest absolute Gasteiger partial charge is 0.220 e. The van der Waals surface area contributed by atoms with E-state index in [-0.39, 0.29) is 11.7 Å². The maximum atomic E-state index is 12.0. The van der Waals surface area contributed by atoms with Gasteiger partial charge in [0.2, 0.25) is 11.7 Å². The van der Waals surface area contributed by atoms with Gasteiger partial charge in [0.25, 0.3) is 0 Å². The predicted octanol–water partition coefficient (Wildman–Crippen LogP) is 2.71. The Morgan fingerprint density at radius 2 is 1.69 bits per heavy atom. The highest BCUT2D eigenvalue weighted by molar-refractivity contribution is 5.76. The molecule has 2 aromatic rings. The molecule has 0 aliphatic carbocycles. The van der Waals surface area contributed by atoms with E-state index < -0.39 is 0 Å². The van der Waals surface area contributed by atoms with Crippen LogP contribution in [0.25, 0.3) is 0 Å². The largest absolute Gasteiger partial charge is 0.504 e. The van der Waals surface area contributed by atoms with Crippen molar-refractivity contribution in [3.8, 4) is 23.0 Å². The summed E-state index contributed by atoms with van der Waals surface area (Å²) in [5.41, 5.74) is 1.95. The number of phenols is 1. The minimum absolute atomic E-state index is 0.00878. The summed E-state index contributed by atoms with van der Waals surface area (Å²) in [7, 11) is 4.61. The van der Waals surface area contributed by atoms with E-state index in [2.05, 4.69) is 5.32 Å². The molecule has 26 heavy (non-hydrogen) atoms. The predicted molar refractivity (Wildman–Crippen MR) is 99.2 cm³/mol. The molecule has 0 fully saturated rings. The average Bonchev–Trinajstić information content (AvgIpc) is 2.66. The van der Waals surface area contributed by atoms with E-state index in [4.69, 9.17) is 14.2 Å². The summed E-state index contributed by atoms with van der Waals surface area (Å²) in [5.74, 6) is 1.59. The number of phenolic OH excluding ortho intramolecular Hbond substituents is 1. The van der Waals surface area contributed by atoms with E-state index >= 15 is 0 Å². The molecule has 2 N–H and O–H groups in total. The number of ether oxygens (including phenoxy) is 3. The van der Waals surface area contributed by atoms with Gasteiger partial charge in [-0.15, -0.1) is 0 Å². The number of amides is 1. The number of carbonyl (C=O) groups excluding carboxylic acids is 1. The fourth-order valence-corrected chi connectivity index (χ4v) is 2.63. The van der Waals surface area contributed by atoms with Crippen LogP contribution in [0, 0.1) is 0 Å². The molecule has 0 aromatic heterocycles. The van der Waals surface area contributed by atoms with Crippen molar-refractivity contribution in [1.29, 1.82) is 0 Å². The molecule has 0 saturated heterocycles. The third-order valence-corrected chi connectivity index (χ3v) is 4.05. The van der Waals surface area contributed by atoms with Crippen LogP contribution in [0.1, 0.15) is 17.5 Å². The van der Waals surface area contributed by atoms with Crippen LogP contribution < -0.4 is 19.5 Å². The Hall–Kier alpha value is -2.89. The molecule has 0 heterocycles. The van der Waals surface area contributed by atoms with Crippen LogP contribution in [-0.4, -0.2) is 38.9 Å². The summed E-state index contributed by atoms with van der Waals surface area (Å²) in [6.45, 7) is 0.483. The second kappa shape index (κ2) is 9.56. The van der Waals surface area contributed by atoms with Crippen molar-refractivity contribution in [2.45, 2.75) is 19.3 Å². The molecule has 0 radical (unpaired) electrons. The molecule has 2 rings (SSSR count). The minimum Gasteiger partial charge on any atom is -0.504 e. The number of hydrogen-bond donors (Lipinski definition) is 2. The van der Waals surface area contributed by atoms with Crippen LogP contribution in [0.2, 0.25) is 0 Å².